The molecule has 0 aliphatic heterocycles. The Morgan fingerprint density at radius 3 is 2.50 bits per heavy atom. The van der Waals surface area contributed by atoms with E-state index in [1.807, 2.05) is 13.0 Å². The molecule has 4 N–H and O–H groups in total. The van der Waals surface area contributed by atoms with Crippen molar-refractivity contribution in [3.8, 4) is 17.6 Å². The van der Waals surface area contributed by atoms with Crippen LogP contribution in [0.5, 0.6) is 11.5 Å². The molecule has 1 aromatic carbocycles. The van der Waals surface area contributed by atoms with Gasteiger partial charge in [-0.25, -0.2) is 0 Å². The highest BCUT2D eigenvalue weighted by molar-refractivity contribution is 5.55. The Balaban J connectivity index is 3.39. The van der Waals surface area contributed by atoms with Gasteiger partial charge in [-0.05, 0) is 18.6 Å². The standard InChI is InChI=1S/C10H12N2O2/c1-2-7(12)10-6(5-11)8(13)3-4-9(10)14/h3-4,7,13-14H,2,12H2,1H3. The Morgan fingerprint density at radius 1 is 1.43 bits per heavy atom. The van der Waals surface area contributed by atoms with Gasteiger partial charge in [0, 0.05) is 11.6 Å². The van der Waals surface area contributed by atoms with Crippen LogP contribution in [0.3, 0.4) is 0 Å². The molecule has 0 saturated carbocycles. The number of phenolic OH excluding ortho intramolecular Hbond substituents is 2. The smallest absolute Gasteiger partial charge is 0.133 e. The Bertz CT molecular complexity index is 382. The summed E-state index contributed by atoms with van der Waals surface area (Å²) >= 11 is 0. The van der Waals surface area contributed by atoms with Crippen molar-refractivity contribution < 1.29 is 10.2 Å². The second kappa shape index (κ2) is 3.99. The number of nitrogens with two attached hydrogens (primary N) is 1. The van der Waals surface area contributed by atoms with Gasteiger partial charge in [-0.3, -0.25) is 0 Å². The second-order valence-electron chi connectivity index (χ2n) is 3.02. The number of aromatic hydroxyl groups is 2. The van der Waals surface area contributed by atoms with E-state index < -0.39 is 6.04 Å². The van der Waals surface area contributed by atoms with Gasteiger partial charge in [-0.15, -0.1) is 0 Å². The zero-order chi connectivity index (χ0) is 10.7. The monoisotopic (exact) mass is 192 g/mol. The van der Waals surface area contributed by atoms with Crippen LogP contribution in [0.25, 0.3) is 0 Å². The van der Waals surface area contributed by atoms with Gasteiger partial charge in [0.05, 0.1) is 0 Å². The average Bonchev–Trinajstić information content (AvgIpc) is 2.19. The Kier molecular flexibility index (Phi) is 2.95. The molecule has 0 bridgehead atoms. The zero-order valence-electron chi connectivity index (χ0n) is 7.86. The van der Waals surface area contributed by atoms with Crippen LogP contribution in [0.1, 0.15) is 30.5 Å². The van der Waals surface area contributed by atoms with E-state index in [2.05, 4.69) is 0 Å². The third-order valence-corrected chi connectivity index (χ3v) is 2.12. The number of benzene rings is 1. The first-order valence-electron chi connectivity index (χ1n) is 4.32. The molecule has 0 amide bonds. The summed E-state index contributed by atoms with van der Waals surface area (Å²) in [4.78, 5) is 0. The van der Waals surface area contributed by atoms with Crippen molar-refractivity contribution in [1.29, 1.82) is 5.26 Å². The van der Waals surface area contributed by atoms with E-state index >= 15 is 0 Å². The highest BCUT2D eigenvalue weighted by atomic mass is 16.3. The summed E-state index contributed by atoms with van der Waals surface area (Å²) in [6.07, 6.45) is 0.589. The van der Waals surface area contributed by atoms with E-state index in [0.717, 1.165) is 0 Å². The number of hydrogen-bond acceptors (Lipinski definition) is 4. The maximum atomic E-state index is 9.51. The van der Waals surface area contributed by atoms with Crippen LogP contribution in [0.15, 0.2) is 12.1 Å². The first kappa shape index (κ1) is 10.4. The van der Waals surface area contributed by atoms with Crippen LogP contribution in [0.4, 0.5) is 0 Å². The Hall–Kier alpha value is -1.73. The van der Waals surface area contributed by atoms with Gasteiger partial charge in [0.2, 0.25) is 0 Å². The van der Waals surface area contributed by atoms with Gasteiger partial charge in [0.25, 0.3) is 0 Å². The number of phenols is 2. The summed E-state index contributed by atoms with van der Waals surface area (Å²) in [5.74, 6) is -0.196. The van der Waals surface area contributed by atoms with E-state index in [4.69, 9.17) is 11.0 Å². The van der Waals surface area contributed by atoms with Crippen molar-refractivity contribution in [1.82, 2.24) is 0 Å². The van der Waals surface area contributed by atoms with Gasteiger partial charge in [0.1, 0.15) is 23.1 Å². The normalized spacial score (nSPS) is 12.1. The van der Waals surface area contributed by atoms with Gasteiger partial charge in [-0.1, -0.05) is 6.92 Å². The Morgan fingerprint density at radius 2 is 2.00 bits per heavy atom. The van der Waals surface area contributed by atoms with Crippen molar-refractivity contribution in [3.63, 3.8) is 0 Å². The maximum Gasteiger partial charge on any atom is 0.133 e. The number of nitrogens with zero attached hydrogens (tertiary/aromatic N) is 1. The lowest BCUT2D eigenvalue weighted by Crippen LogP contribution is -2.10. The minimum Gasteiger partial charge on any atom is -0.508 e. The van der Waals surface area contributed by atoms with Crippen molar-refractivity contribution in [2.24, 2.45) is 5.73 Å². The molecule has 1 unspecified atom stereocenters. The van der Waals surface area contributed by atoms with E-state index in [1.165, 1.54) is 12.1 Å². The zero-order valence-corrected chi connectivity index (χ0v) is 7.86. The second-order valence-corrected chi connectivity index (χ2v) is 3.02. The molecule has 0 aromatic heterocycles. The van der Waals surface area contributed by atoms with Crippen LogP contribution in [0.2, 0.25) is 0 Å². The molecule has 1 rings (SSSR count). The number of rotatable bonds is 2. The number of hydrogen-bond donors (Lipinski definition) is 3. The summed E-state index contributed by atoms with van der Waals surface area (Å²) in [5.41, 5.74) is 6.09. The Labute approximate surface area is 82.2 Å². The van der Waals surface area contributed by atoms with Crippen LogP contribution >= 0.6 is 0 Å². The van der Waals surface area contributed by atoms with Crippen LogP contribution in [-0.2, 0) is 0 Å². The first-order valence-corrected chi connectivity index (χ1v) is 4.32. The van der Waals surface area contributed by atoms with Gasteiger partial charge in [0.15, 0.2) is 0 Å². The highest BCUT2D eigenvalue weighted by Crippen LogP contribution is 2.33. The molecule has 74 valence electrons. The van der Waals surface area contributed by atoms with E-state index in [1.54, 1.807) is 0 Å². The molecule has 0 aliphatic carbocycles. The minimum atomic E-state index is -0.434. The molecular weight excluding hydrogens is 180 g/mol. The summed E-state index contributed by atoms with van der Waals surface area (Å²) in [6, 6.07) is 4.01. The third-order valence-electron chi connectivity index (χ3n) is 2.12. The molecule has 0 aliphatic rings. The fourth-order valence-corrected chi connectivity index (χ4v) is 1.29. The van der Waals surface area contributed by atoms with Gasteiger partial charge in [-0.2, -0.15) is 5.26 Å². The number of nitriles is 1. The molecule has 4 heteroatoms. The predicted octanol–water partition coefficient (Wildman–Crippen LogP) is 1.38. The van der Waals surface area contributed by atoms with Gasteiger partial charge >= 0.3 is 0 Å². The minimum absolute atomic E-state index is 0.0475. The third kappa shape index (κ3) is 1.63. The van der Waals surface area contributed by atoms with Crippen molar-refractivity contribution >= 4 is 0 Å². The molecule has 4 nitrogen and oxygen atoms in total. The quantitative estimate of drug-likeness (QED) is 0.617. The molecule has 14 heavy (non-hydrogen) atoms. The fourth-order valence-electron chi connectivity index (χ4n) is 1.29. The summed E-state index contributed by atoms with van der Waals surface area (Å²) in [5, 5.41) is 27.7. The van der Waals surface area contributed by atoms with E-state index in [0.29, 0.717) is 12.0 Å². The molecule has 0 fully saturated rings. The van der Waals surface area contributed by atoms with Crippen LogP contribution < -0.4 is 5.73 Å². The maximum absolute atomic E-state index is 9.51. The molecule has 0 heterocycles. The lowest BCUT2D eigenvalue weighted by Gasteiger charge is -2.13. The largest absolute Gasteiger partial charge is 0.508 e. The van der Waals surface area contributed by atoms with E-state index in [9.17, 15) is 10.2 Å². The topological polar surface area (TPSA) is 90.3 Å². The van der Waals surface area contributed by atoms with Crippen molar-refractivity contribution in [2.75, 3.05) is 0 Å². The first-order chi connectivity index (χ1) is 6.61. The van der Waals surface area contributed by atoms with E-state index in [-0.39, 0.29) is 17.1 Å². The van der Waals surface area contributed by atoms with Crippen molar-refractivity contribution in [3.05, 3.63) is 23.3 Å². The lowest BCUT2D eigenvalue weighted by molar-refractivity contribution is 0.445. The molecule has 0 spiro atoms. The summed E-state index contributed by atoms with van der Waals surface area (Å²) in [6.45, 7) is 1.84. The van der Waals surface area contributed by atoms with Gasteiger partial charge < -0.3 is 15.9 Å². The molecular formula is C10H12N2O2. The fraction of sp³-hybridized carbons (Fsp3) is 0.300. The molecule has 1 aromatic rings. The van der Waals surface area contributed by atoms with Crippen molar-refractivity contribution in [2.45, 2.75) is 19.4 Å². The predicted molar refractivity (Wildman–Crippen MR) is 51.7 cm³/mol. The average molecular weight is 192 g/mol. The van der Waals surface area contributed by atoms with Crippen LogP contribution in [0, 0.1) is 11.3 Å². The summed E-state index contributed by atoms with van der Waals surface area (Å²) < 4.78 is 0. The molecule has 0 saturated heterocycles. The molecule has 1 atom stereocenters. The highest BCUT2D eigenvalue weighted by Gasteiger charge is 2.17. The summed E-state index contributed by atoms with van der Waals surface area (Å²) in [7, 11) is 0. The SMILES string of the molecule is CCC(N)c1c(O)ccc(O)c1C#N. The lowest BCUT2D eigenvalue weighted by atomic mass is 9.98. The van der Waals surface area contributed by atoms with Crippen LogP contribution in [-0.4, -0.2) is 10.2 Å². The molecule has 0 radical (unpaired) electrons.